The average molecular weight is 422 g/mol. The first-order valence-corrected chi connectivity index (χ1v) is 11.0. The van der Waals surface area contributed by atoms with Crippen LogP contribution in [0.5, 0.6) is 5.75 Å². The Morgan fingerprint density at radius 2 is 1.68 bits per heavy atom. The number of unbranched alkanes of at least 4 members (excludes halogenated alkanes) is 2. The summed E-state index contributed by atoms with van der Waals surface area (Å²) in [6, 6.07) is 11.3. The number of carbonyl (C=O) groups excluding carboxylic acids is 2. The van der Waals surface area contributed by atoms with Crippen LogP contribution in [0.1, 0.15) is 44.2 Å². The van der Waals surface area contributed by atoms with Crippen molar-refractivity contribution in [1.29, 1.82) is 0 Å². The van der Waals surface area contributed by atoms with E-state index in [-0.39, 0.29) is 11.8 Å². The molecule has 0 spiro atoms. The lowest BCUT2D eigenvalue weighted by molar-refractivity contribution is -0.137. The van der Waals surface area contributed by atoms with Gasteiger partial charge in [0.2, 0.25) is 0 Å². The highest BCUT2D eigenvalue weighted by molar-refractivity contribution is 6.35. The Morgan fingerprint density at radius 3 is 2.29 bits per heavy atom. The van der Waals surface area contributed by atoms with Crippen molar-refractivity contribution in [2.45, 2.75) is 39.5 Å². The second kappa shape index (κ2) is 10.8. The van der Waals surface area contributed by atoms with Crippen LogP contribution in [0.15, 0.2) is 54.5 Å². The Morgan fingerprint density at radius 1 is 0.968 bits per heavy atom. The molecular weight excluding hydrogens is 390 g/mol. The Bertz CT molecular complexity index is 923. The normalized spacial score (nSPS) is 13.8. The lowest BCUT2D eigenvalue weighted by atomic mass is 10.0. The summed E-state index contributed by atoms with van der Waals surface area (Å²) in [4.78, 5) is 34.3. The molecule has 0 fully saturated rings. The van der Waals surface area contributed by atoms with Crippen LogP contribution in [0.25, 0.3) is 5.57 Å². The monoisotopic (exact) mass is 421 g/mol. The highest BCUT2D eigenvalue weighted by atomic mass is 16.5. The van der Waals surface area contributed by atoms with E-state index >= 15 is 0 Å². The molecular formula is C25H31N3O3. The Labute approximate surface area is 184 Å². The van der Waals surface area contributed by atoms with Gasteiger partial charge in [-0.05, 0) is 55.2 Å². The lowest BCUT2D eigenvalue weighted by Gasteiger charge is -2.25. The number of pyridine rings is 1. The van der Waals surface area contributed by atoms with Crippen LogP contribution in [0.2, 0.25) is 0 Å². The molecule has 2 heterocycles. The molecule has 0 radical (unpaired) electrons. The molecule has 6 heteroatoms. The number of methoxy groups -OCH3 is 1. The van der Waals surface area contributed by atoms with Crippen LogP contribution < -0.4 is 4.74 Å². The molecule has 0 unspecified atom stereocenters. The summed E-state index contributed by atoms with van der Waals surface area (Å²) < 4.78 is 5.26. The van der Waals surface area contributed by atoms with E-state index in [0.717, 1.165) is 36.8 Å². The van der Waals surface area contributed by atoms with E-state index in [4.69, 9.17) is 4.74 Å². The number of hydrogen-bond acceptors (Lipinski definition) is 5. The quantitative estimate of drug-likeness (QED) is 0.406. The number of imide groups is 1. The molecule has 31 heavy (non-hydrogen) atoms. The van der Waals surface area contributed by atoms with E-state index in [1.165, 1.54) is 4.90 Å². The predicted molar refractivity (Wildman–Crippen MR) is 121 cm³/mol. The van der Waals surface area contributed by atoms with Crippen LogP contribution in [0.4, 0.5) is 0 Å². The topological polar surface area (TPSA) is 62.7 Å². The third kappa shape index (κ3) is 5.13. The van der Waals surface area contributed by atoms with Gasteiger partial charge in [-0.2, -0.15) is 0 Å². The molecule has 0 N–H and O–H groups in total. The zero-order chi connectivity index (χ0) is 22.2. The van der Waals surface area contributed by atoms with Gasteiger partial charge in [0.05, 0.1) is 12.7 Å². The van der Waals surface area contributed by atoms with Crippen LogP contribution >= 0.6 is 0 Å². The SMILES string of the molecule is CCCCCN1C(=O)C(c2ccc(OC)cc2)=C(N(CC)CCc2ccncc2)C1=O. The second-order valence-corrected chi connectivity index (χ2v) is 7.61. The van der Waals surface area contributed by atoms with Gasteiger partial charge >= 0.3 is 0 Å². The van der Waals surface area contributed by atoms with Crippen molar-refractivity contribution in [2.75, 3.05) is 26.7 Å². The number of likely N-dealkylation sites (N-methyl/N-ethyl adjacent to an activating group) is 1. The molecule has 0 bridgehead atoms. The zero-order valence-corrected chi connectivity index (χ0v) is 18.6. The van der Waals surface area contributed by atoms with E-state index in [2.05, 4.69) is 11.9 Å². The van der Waals surface area contributed by atoms with Gasteiger partial charge in [0.1, 0.15) is 11.4 Å². The molecule has 0 aliphatic carbocycles. The number of ether oxygens (including phenoxy) is 1. The fraction of sp³-hybridized carbons (Fsp3) is 0.400. The largest absolute Gasteiger partial charge is 0.497 e. The van der Waals surface area contributed by atoms with Crippen molar-refractivity contribution in [2.24, 2.45) is 0 Å². The molecule has 2 aromatic rings. The first kappa shape index (κ1) is 22.5. The summed E-state index contributed by atoms with van der Waals surface area (Å²) in [6.45, 7) is 5.87. The van der Waals surface area contributed by atoms with Gasteiger partial charge in [0.25, 0.3) is 11.8 Å². The van der Waals surface area contributed by atoms with Crippen molar-refractivity contribution in [3.05, 3.63) is 65.6 Å². The number of hydrogen-bond donors (Lipinski definition) is 0. The van der Waals surface area contributed by atoms with E-state index in [9.17, 15) is 9.59 Å². The summed E-state index contributed by atoms with van der Waals surface area (Å²) >= 11 is 0. The minimum Gasteiger partial charge on any atom is -0.497 e. The number of nitrogens with zero attached hydrogens (tertiary/aromatic N) is 3. The lowest BCUT2D eigenvalue weighted by Crippen LogP contribution is -2.36. The maximum atomic E-state index is 13.4. The number of benzene rings is 1. The van der Waals surface area contributed by atoms with Crippen LogP contribution in [-0.2, 0) is 16.0 Å². The number of aromatic nitrogens is 1. The first-order chi connectivity index (χ1) is 15.1. The van der Waals surface area contributed by atoms with Crippen LogP contribution in [-0.4, -0.2) is 53.3 Å². The molecule has 164 valence electrons. The van der Waals surface area contributed by atoms with Crippen molar-refractivity contribution in [3.8, 4) is 5.75 Å². The fourth-order valence-electron chi connectivity index (χ4n) is 3.84. The molecule has 1 aliphatic heterocycles. The van der Waals surface area contributed by atoms with Crippen LogP contribution in [0.3, 0.4) is 0 Å². The van der Waals surface area contributed by atoms with Crippen molar-refractivity contribution >= 4 is 17.4 Å². The third-order valence-electron chi connectivity index (χ3n) is 5.63. The highest BCUT2D eigenvalue weighted by Gasteiger charge is 2.40. The summed E-state index contributed by atoms with van der Waals surface area (Å²) in [7, 11) is 1.61. The molecule has 6 nitrogen and oxygen atoms in total. The van der Waals surface area contributed by atoms with E-state index in [1.54, 1.807) is 19.5 Å². The fourth-order valence-corrected chi connectivity index (χ4v) is 3.84. The van der Waals surface area contributed by atoms with Gasteiger partial charge in [-0.1, -0.05) is 31.9 Å². The molecule has 2 amide bonds. The molecule has 1 aliphatic rings. The second-order valence-electron chi connectivity index (χ2n) is 7.61. The van der Waals surface area contributed by atoms with E-state index < -0.39 is 0 Å². The predicted octanol–water partition coefficient (Wildman–Crippen LogP) is 3.92. The summed E-state index contributed by atoms with van der Waals surface area (Å²) in [5, 5.41) is 0. The van der Waals surface area contributed by atoms with E-state index in [1.807, 2.05) is 48.2 Å². The third-order valence-corrected chi connectivity index (χ3v) is 5.63. The average Bonchev–Trinajstić information content (AvgIpc) is 3.05. The first-order valence-electron chi connectivity index (χ1n) is 11.0. The van der Waals surface area contributed by atoms with Gasteiger partial charge in [-0.3, -0.25) is 19.5 Å². The maximum absolute atomic E-state index is 13.4. The molecule has 0 atom stereocenters. The van der Waals surface area contributed by atoms with Crippen molar-refractivity contribution < 1.29 is 14.3 Å². The molecule has 1 aromatic heterocycles. The Hall–Kier alpha value is -3.15. The minimum absolute atomic E-state index is 0.191. The van der Waals surface area contributed by atoms with E-state index in [0.29, 0.717) is 36.7 Å². The van der Waals surface area contributed by atoms with Gasteiger partial charge in [-0.25, -0.2) is 0 Å². The minimum atomic E-state index is -0.205. The summed E-state index contributed by atoms with van der Waals surface area (Å²) in [5.41, 5.74) is 2.88. The number of carbonyl (C=O) groups is 2. The maximum Gasteiger partial charge on any atom is 0.277 e. The molecule has 3 rings (SSSR count). The van der Waals surface area contributed by atoms with Gasteiger partial charge < -0.3 is 9.64 Å². The molecule has 0 saturated carbocycles. The smallest absolute Gasteiger partial charge is 0.277 e. The Kier molecular flexibility index (Phi) is 7.82. The van der Waals surface area contributed by atoms with Crippen LogP contribution in [0, 0.1) is 0 Å². The Balaban J connectivity index is 1.94. The summed E-state index contributed by atoms with van der Waals surface area (Å²) in [6.07, 6.45) is 7.16. The molecule has 0 saturated heterocycles. The van der Waals surface area contributed by atoms with Gasteiger partial charge in [0.15, 0.2) is 0 Å². The summed E-state index contributed by atoms with van der Waals surface area (Å²) in [5.74, 6) is 0.319. The standard InChI is InChI=1S/C25H31N3O3/c1-4-6-7-17-28-24(29)22(20-8-10-21(31-3)11-9-20)23(25(28)30)27(5-2)18-14-19-12-15-26-16-13-19/h8-13,15-16H,4-7,14,17-18H2,1-3H3. The molecule has 1 aromatic carbocycles. The van der Waals surface area contributed by atoms with Crippen molar-refractivity contribution in [1.82, 2.24) is 14.8 Å². The zero-order valence-electron chi connectivity index (χ0n) is 18.6. The van der Waals surface area contributed by atoms with Crippen molar-refractivity contribution in [3.63, 3.8) is 0 Å². The number of rotatable bonds is 11. The number of amides is 2. The van der Waals surface area contributed by atoms with Gasteiger partial charge in [-0.15, -0.1) is 0 Å². The van der Waals surface area contributed by atoms with Gasteiger partial charge in [0, 0.05) is 32.0 Å². The highest BCUT2D eigenvalue weighted by Crippen LogP contribution is 2.32.